The van der Waals surface area contributed by atoms with Crippen LogP contribution in [0.1, 0.15) is 30.7 Å². The van der Waals surface area contributed by atoms with Crippen LogP contribution >= 0.6 is 0 Å². The second kappa shape index (κ2) is 11.0. The molecule has 4 amide bonds. The second-order valence-corrected chi connectivity index (χ2v) is 8.38. The number of ether oxygens (including phenoxy) is 4. The van der Waals surface area contributed by atoms with Gasteiger partial charge in [0.05, 0.1) is 13.2 Å². The predicted octanol–water partition coefficient (Wildman–Crippen LogP) is 1.84. The molecular weight excluding hydrogens is 470 g/mol. The lowest BCUT2D eigenvalue weighted by atomic mass is 9.95. The van der Waals surface area contributed by atoms with Gasteiger partial charge in [0.25, 0.3) is 17.4 Å². The molecule has 0 radical (unpaired) electrons. The van der Waals surface area contributed by atoms with Crippen molar-refractivity contribution in [2.24, 2.45) is 0 Å². The fourth-order valence-corrected chi connectivity index (χ4v) is 4.14. The number of amides is 4. The van der Waals surface area contributed by atoms with Crippen LogP contribution in [0.3, 0.4) is 0 Å². The van der Waals surface area contributed by atoms with Crippen LogP contribution in [0.25, 0.3) is 0 Å². The molecule has 2 aromatic carbocycles. The monoisotopic (exact) mass is 499 g/mol. The summed E-state index contributed by atoms with van der Waals surface area (Å²) >= 11 is 0. The fourth-order valence-electron chi connectivity index (χ4n) is 4.14. The van der Waals surface area contributed by atoms with E-state index in [9.17, 15) is 19.5 Å². The third-order valence-electron chi connectivity index (χ3n) is 6.04. The number of carbonyl (C=O) groups is 3. The van der Waals surface area contributed by atoms with Gasteiger partial charge in [0, 0.05) is 38.8 Å². The molecule has 2 heterocycles. The predicted molar refractivity (Wildman–Crippen MR) is 126 cm³/mol. The minimum absolute atomic E-state index is 0.0618. The van der Waals surface area contributed by atoms with E-state index in [-0.39, 0.29) is 18.8 Å². The number of nitrogens with zero attached hydrogens (tertiary/aromatic N) is 1. The fraction of sp³-hybridized carbons (Fsp3) is 0.400. The number of methoxy groups -OCH3 is 1. The number of nitrogens with one attached hydrogen (secondary N) is 2. The van der Waals surface area contributed by atoms with Crippen molar-refractivity contribution in [2.45, 2.75) is 31.7 Å². The molecule has 2 aromatic rings. The first-order valence-corrected chi connectivity index (χ1v) is 11.6. The largest absolute Gasteiger partial charge is 0.467 e. The number of benzene rings is 2. The summed E-state index contributed by atoms with van der Waals surface area (Å²) in [5.41, 5.74) is -0.131. The van der Waals surface area contributed by atoms with Gasteiger partial charge in [-0.2, -0.15) is 0 Å². The highest BCUT2D eigenvalue weighted by atomic mass is 16.5. The minimum Gasteiger partial charge on any atom is -0.467 e. The summed E-state index contributed by atoms with van der Waals surface area (Å²) in [5.74, 6) is -0.372. The van der Waals surface area contributed by atoms with Crippen LogP contribution in [-0.4, -0.2) is 66.9 Å². The number of aliphatic hydroxyl groups is 1. The molecule has 1 atom stereocenters. The molecule has 1 unspecified atom stereocenters. The number of urea groups is 1. The standard InChI is InChI=1S/C25H29N3O8/c1-3-34-13-11-28-15-16-14-19(8-9-20(16)21(28)29)35-17-4-6-18(7-5-17)36-25(10-12-33-2)22(30)26-24(32)27-23(25)31/h4-9,14,21,29H,3,10-13,15H2,1-2H3,(H2,26,27,30,31,32). The Morgan fingerprint density at radius 3 is 2.33 bits per heavy atom. The molecule has 192 valence electrons. The number of barbiturate groups is 1. The van der Waals surface area contributed by atoms with E-state index in [1.165, 1.54) is 7.11 Å². The molecule has 4 rings (SSSR count). The Morgan fingerprint density at radius 2 is 1.67 bits per heavy atom. The van der Waals surface area contributed by atoms with Crippen LogP contribution in [0, 0.1) is 0 Å². The van der Waals surface area contributed by atoms with E-state index in [0.717, 1.165) is 11.1 Å². The summed E-state index contributed by atoms with van der Waals surface area (Å²) in [7, 11) is 1.43. The van der Waals surface area contributed by atoms with Gasteiger partial charge in [-0.3, -0.25) is 25.1 Å². The Kier molecular flexibility index (Phi) is 7.85. The maximum Gasteiger partial charge on any atom is 0.328 e. The molecule has 0 aromatic heterocycles. The molecule has 0 spiro atoms. The summed E-state index contributed by atoms with van der Waals surface area (Å²) in [6.45, 7) is 4.38. The molecule has 0 bridgehead atoms. The lowest BCUT2D eigenvalue weighted by molar-refractivity contribution is -0.153. The first kappa shape index (κ1) is 25.6. The van der Waals surface area contributed by atoms with Crippen molar-refractivity contribution in [3.05, 3.63) is 53.6 Å². The zero-order valence-corrected chi connectivity index (χ0v) is 20.1. The number of rotatable bonds is 11. The summed E-state index contributed by atoms with van der Waals surface area (Å²) < 4.78 is 22.2. The zero-order chi connectivity index (χ0) is 25.7. The van der Waals surface area contributed by atoms with Gasteiger partial charge in [0.2, 0.25) is 0 Å². The zero-order valence-electron chi connectivity index (χ0n) is 20.1. The molecule has 1 fully saturated rings. The van der Waals surface area contributed by atoms with Gasteiger partial charge in [-0.1, -0.05) is 6.07 Å². The maximum absolute atomic E-state index is 12.5. The average molecular weight is 500 g/mol. The van der Waals surface area contributed by atoms with Crippen molar-refractivity contribution in [3.8, 4) is 17.2 Å². The van der Waals surface area contributed by atoms with E-state index in [2.05, 4.69) is 10.6 Å². The highest BCUT2D eigenvalue weighted by Crippen LogP contribution is 2.35. The van der Waals surface area contributed by atoms with Crippen molar-refractivity contribution in [1.82, 2.24) is 15.5 Å². The van der Waals surface area contributed by atoms with Crippen LogP contribution in [0.5, 0.6) is 17.2 Å². The summed E-state index contributed by atoms with van der Waals surface area (Å²) in [4.78, 5) is 38.5. The van der Waals surface area contributed by atoms with Crippen molar-refractivity contribution < 1.29 is 38.4 Å². The molecule has 11 heteroatoms. The minimum atomic E-state index is -1.94. The van der Waals surface area contributed by atoms with Gasteiger partial charge in [0.1, 0.15) is 23.5 Å². The SMILES string of the molecule is CCOCCN1Cc2cc(Oc3ccc(OC4(CCOC)C(=O)NC(=O)NC4=O)cc3)ccc2C1O. The summed E-state index contributed by atoms with van der Waals surface area (Å²) in [6.07, 6.45) is -0.768. The summed E-state index contributed by atoms with van der Waals surface area (Å²) in [5, 5.41) is 14.7. The smallest absolute Gasteiger partial charge is 0.328 e. The van der Waals surface area contributed by atoms with Crippen LogP contribution in [0.4, 0.5) is 4.79 Å². The number of carbonyl (C=O) groups excluding carboxylic acids is 3. The van der Waals surface area contributed by atoms with Gasteiger partial charge in [-0.25, -0.2) is 4.79 Å². The number of fused-ring (bicyclic) bond motifs is 1. The van der Waals surface area contributed by atoms with E-state index < -0.39 is 29.7 Å². The van der Waals surface area contributed by atoms with E-state index in [1.807, 2.05) is 24.0 Å². The number of imide groups is 2. The third kappa shape index (κ3) is 5.34. The van der Waals surface area contributed by atoms with E-state index in [1.54, 1.807) is 30.3 Å². The highest BCUT2D eigenvalue weighted by molar-refractivity contribution is 6.21. The third-order valence-corrected chi connectivity index (χ3v) is 6.04. The molecule has 0 aliphatic carbocycles. The van der Waals surface area contributed by atoms with Crippen LogP contribution in [0.2, 0.25) is 0 Å². The average Bonchev–Trinajstić information content (AvgIpc) is 3.16. The van der Waals surface area contributed by atoms with E-state index in [4.69, 9.17) is 18.9 Å². The number of aliphatic hydroxyl groups excluding tert-OH is 1. The van der Waals surface area contributed by atoms with Gasteiger partial charge < -0.3 is 24.1 Å². The summed E-state index contributed by atoms with van der Waals surface area (Å²) in [6, 6.07) is 11.0. The maximum atomic E-state index is 12.5. The van der Waals surface area contributed by atoms with Crippen molar-refractivity contribution in [3.63, 3.8) is 0 Å². The first-order chi connectivity index (χ1) is 17.4. The molecule has 2 aliphatic heterocycles. The molecule has 1 saturated heterocycles. The Balaban J connectivity index is 1.43. The normalized spacial score (nSPS) is 19.0. The Hall–Kier alpha value is -3.51. The molecular formula is C25H29N3O8. The Labute approximate surface area is 208 Å². The second-order valence-electron chi connectivity index (χ2n) is 8.38. The van der Waals surface area contributed by atoms with Gasteiger partial charge in [-0.15, -0.1) is 0 Å². The van der Waals surface area contributed by atoms with Crippen LogP contribution in [-0.2, 0) is 25.6 Å². The lowest BCUT2D eigenvalue weighted by Gasteiger charge is -2.34. The van der Waals surface area contributed by atoms with E-state index >= 15 is 0 Å². The van der Waals surface area contributed by atoms with Crippen molar-refractivity contribution >= 4 is 17.8 Å². The topological polar surface area (TPSA) is 136 Å². The molecule has 3 N–H and O–H groups in total. The van der Waals surface area contributed by atoms with Crippen LogP contribution < -0.4 is 20.1 Å². The Morgan fingerprint density at radius 1 is 1.00 bits per heavy atom. The quantitative estimate of drug-likeness (QED) is 0.313. The van der Waals surface area contributed by atoms with Gasteiger partial charge in [0.15, 0.2) is 0 Å². The lowest BCUT2D eigenvalue weighted by Crippen LogP contribution is -2.69. The van der Waals surface area contributed by atoms with Crippen LogP contribution in [0.15, 0.2) is 42.5 Å². The van der Waals surface area contributed by atoms with Gasteiger partial charge in [-0.05, 0) is 48.9 Å². The molecule has 11 nitrogen and oxygen atoms in total. The molecule has 2 aliphatic rings. The molecule has 36 heavy (non-hydrogen) atoms. The van der Waals surface area contributed by atoms with E-state index in [0.29, 0.717) is 37.8 Å². The number of hydrogen-bond donors (Lipinski definition) is 3. The number of hydrogen-bond acceptors (Lipinski definition) is 9. The molecule has 0 saturated carbocycles. The first-order valence-electron chi connectivity index (χ1n) is 11.6. The Bertz CT molecular complexity index is 1100. The van der Waals surface area contributed by atoms with Crippen molar-refractivity contribution in [1.29, 1.82) is 0 Å². The van der Waals surface area contributed by atoms with Crippen molar-refractivity contribution in [2.75, 3.05) is 33.5 Å². The highest BCUT2D eigenvalue weighted by Gasteiger charge is 2.52. The van der Waals surface area contributed by atoms with Gasteiger partial charge >= 0.3 is 6.03 Å².